The van der Waals surface area contributed by atoms with Crippen LogP contribution in [0.2, 0.25) is 0 Å². The molecule has 3 heterocycles. The van der Waals surface area contributed by atoms with Gasteiger partial charge in [0.25, 0.3) is 0 Å². The summed E-state index contributed by atoms with van der Waals surface area (Å²) in [5, 5.41) is 2.95. The Kier molecular flexibility index (Phi) is 3.23. The smallest absolute Gasteiger partial charge is 0.230 e. The lowest BCUT2D eigenvalue weighted by Gasteiger charge is -2.36. The van der Waals surface area contributed by atoms with Crippen LogP contribution in [0, 0.1) is 5.41 Å². The molecule has 104 valence electrons. The third-order valence-electron chi connectivity index (χ3n) is 3.45. The van der Waals surface area contributed by atoms with Crippen molar-refractivity contribution < 1.29 is 9.53 Å². The molecule has 0 bridgehead atoms. The number of imidazole rings is 1. The Balaban J connectivity index is 1.73. The van der Waals surface area contributed by atoms with Crippen molar-refractivity contribution in [3.63, 3.8) is 0 Å². The Morgan fingerprint density at radius 3 is 3.00 bits per heavy atom. The van der Waals surface area contributed by atoms with Crippen LogP contribution in [0.4, 0.5) is 0 Å². The van der Waals surface area contributed by atoms with Crippen molar-refractivity contribution in [2.24, 2.45) is 5.41 Å². The molecule has 0 saturated carbocycles. The quantitative estimate of drug-likeness (QED) is 0.898. The highest BCUT2D eigenvalue weighted by atomic mass is 16.5. The van der Waals surface area contributed by atoms with Crippen LogP contribution in [0.25, 0.3) is 5.82 Å². The summed E-state index contributed by atoms with van der Waals surface area (Å²) in [5.74, 6) is 0.796. The Labute approximate surface area is 116 Å². The molecular weight excluding hydrogens is 256 g/mol. The lowest BCUT2D eigenvalue weighted by molar-refractivity contribution is -0.157. The van der Waals surface area contributed by atoms with E-state index >= 15 is 0 Å². The lowest BCUT2D eigenvalue weighted by atomic mass is 9.87. The number of ether oxygens (including phenoxy) is 1. The minimum absolute atomic E-state index is 0.0178. The zero-order chi connectivity index (χ0) is 14.0. The van der Waals surface area contributed by atoms with Crippen LogP contribution in [0.5, 0.6) is 0 Å². The van der Waals surface area contributed by atoms with Crippen molar-refractivity contribution in [1.82, 2.24) is 19.9 Å². The molecular formula is C14H16N4O2. The first-order valence-electron chi connectivity index (χ1n) is 6.47. The Bertz CT molecular complexity index is 605. The molecule has 1 fully saturated rings. The number of carbonyl (C=O) groups is 1. The summed E-state index contributed by atoms with van der Waals surface area (Å²) < 4.78 is 6.94. The van der Waals surface area contributed by atoms with Gasteiger partial charge in [0, 0.05) is 30.7 Å². The molecule has 20 heavy (non-hydrogen) atoms. The van der Waals surface area contributed by atoms with E-state index in [1.807, 2.05) is 29.8 Å². The Morgan fingerprint density at radius 1 is 1.50 bits per heavy atom. The van der Waals surface area contributed by atoms with Crippen LogP contribution in [0.1, 0.15) is 12.5 Å². The van der Waals surface area contributed by atoms with E-state index in [1.165, 1.54) is 0 Å². The van der Waals surface area contributed by atoms with Crippen molar-refractivity contribution in [2.75, 3.05) is 13.2 Å². The van der Waals surface area contributed by atoms with Crippen molar-refractivity contribution in [2.45, 2.75) is 13.5 Å². The normalized spacial score (nSPS) is 16.4. The second-order valence-electron chi connectivity index (χ2n) is 5.19. The molecule has 6 heteroatoms. The average Bonchev–Trinajstić information content (AvgIpc) is 2.96. The van der Waals surface area contributed by atoms with E-state index in [4.69, 9.17) is 4.74 Å². The second-order valence-corrected chi connectivity index (χ2v) is 5.19. The number of nitrogens with one attached hydrogen (secondary N) is 1. The summed E-state index contributed by atoms with van der Waals surface area (Å²) in [6.07, 6.45) is 6.94. The van der Waals surface area contributed by atoms with Gasteiger partial charge in [-0.25, -0.2) is 9.97 Å². The maximum Gasteiger partial charge on any atom is 0.230 e. The van der Waals surface area contributed by atoms with Crippen LogP contribution in [0.15, 0.2) is 37.1 Å². The number of carbonyl (C=O) groups excluding carboxylic acids is 1. The highest BCUT2D eigenvalue weighted by Gasteiger charge is 2.40. The van der Waals surface area contributed by atoms with Crippen molar-refractivity contribution in [3.05, 3.63) is 42.6 Å². The van der Waals surface area contributed by atoms with Gasteiger partial charge >= 0.3 is 0 Å². The number of aromatic nitrogens is 3. The van der Waals surface area contributed by atoms with E-state index in [9.17, 15) is 4.79 Å². The summed E-state index contributed by atoms with van der Waals surface area (Å²) in [4.78, 5) is 20.4. The van der Waals surface area contributed by atoms with Gasteiger partial charge in [0.2, 0.25) is 5.91 Å². The molecule has 3 rings (SSSR count). The van der Waals surface area contributed by atoms with Crippen LogP contribution in [0.3, 0.4) is 0 Å². The molecule has 0 atom stereocenters. The number of hydrogen-bond donors (Lipinski definition) is 1. The van der Waals surface area contributed by atoms with E-state index < -0.39 is 5.41 Å². The summed E-state index contributed by atoms with van der Waals surface area (Å²) in [5.41, 5.74) is 0.555. The number of amides is 1. The zero-order valence-electron chi connectivity index (χ0n) is 11.2. The van der Waals surface area contributed by atoms with Crippen molar-refractivity contribution in [1.29, 1.82) is 0 Å². The predicted octanol–water partition coefficient (Wildman–Crippen LogP) is 0.920. The van der Waals surface area contributed by atoms with E-state index in [0.717, 1.165) is 11.4 Å². The first-order valence-corrected chi connectivity index (χ1v) is 6.47. The monoisotopic (exact) mass is 272 g/mol. The number of rotatable bonds is 4. The predicted molar refractivity (Wildman–Crippen MR) is 72.1 cm³/mol. The SMILES string of the molecule is CC1(C(=O)NCc2cccnc2-n2ccnc2)COC1. The first-order chi connectivity index (χ1) is 9.69. The molecule has 1 aliphatic heterocycles. The van der Waals surface area contributed by atoms with E-state index in [-0.39, 0.29) is 5.91 Å². The summed E-state index contributed by atoms with van der Waals surface area (Å²) in [7, 11) is 0. The van der Waals surface area contributed by atoms with Gasteiger partial charge in [0.05, 0.1) is 18.6 Å². The van der Waals surface area contributed by atoms with Gasteiger partial charge in [-0.05, 0) is 13.0 Å². The van der Waals surface area contributed by atoms with Crippen LogP contribution >= 0.6 is 0 Å². The molecule has 1 amide bonds. The highest BCUT2D eigenvalue weighted by molar-refractivity contribution is 5.83. The fraction of sp³-hybridized carbons (Fsp3) is 0.357. The summed E-state index contributed by atoms with van der Waals surface area (Å²) in [6, 6.07) is 3.80. The van der Waals surface area contributed by atoms with Gasteiger partial charge in [-0.15, -0.1) is 0 Å². The fourth-order valence-electron chi connectivity index (χ4n) is 2.11. The molecule has 2 aromatic rings. The minimum Gasteiger partial charge on any atom is -0.379 e. The maximum absolute atomic E-state index is 12.1. The van der Waals surface area contributed by atoms with Crippen molar-refractivity contribution >= 4 is 5.91 Å². The summed E-state index contributed by atoms with van der Waals surface area (Å²) >= 11 is 0. The van der Waals surface area contributed by atoms with Crippen LogP contribution in [-0.4, -0.2) is 33.7 Å². The van der Waals surface area contributed by atoms with Gasteiger partial charge < -0.3 is 10.1 Å². The lowest BCUT2D eigenvalue weighted by Crippen LogP contribution is -2.51. The van der Waals surface area contributed by atoms with Gasteiger partial charge in [-0.3, -0.25) is 9.36 Å². The number of nitrogens with zero attached hydrogens (tertiary/aromatic N) is 3. The molecule has 1 saturated heterocycles. The zero-order valence-corrected chi connectivity index (χ0v) is 11.2. The van der Waals surface area contributed by atoms with Gasteiger partial charge in [0.15, 0.2) is 0 Å². The molecule has 0 aliphatic carbocycles. The Hall–Kier alpha value is -2.21. The standard InChI is InChI=1S/C14H16N4O2/c1-14(8-20-9-14)13(19)17-7-11-3-2-4-16-12(11)18-6-5-15-10-18/h2-6,10H,7-9H2,1H3,(H,17,19). The van der Waals surface area contributed by atoms with Crippen LogP contribution < -0.4 is 5.32 Å². The largest absolute Gasteiger partial charge is 0.379 e. The van der Waals surface area contributed by atoms with Gasteiger partial charge in [0.1, 0.15) is 12.1 Å². The first kappa shape index (κ1) is 12.8. The Morgan fingerprint density at radius 2 is 2.35 bits per heavy atom. The highest BCUT2D eigenvalue weighted by Crippen LogP contribution is 2.26. The summed E-state index contributed by atoms with van der Waals surface area (Å²) in [6.45, 7) is 3.32. The van der Waals surface area contributed by atoms with Crippen molar-refractivity contribution in [3.8, 4) is 5.82 Å². The number of hydrogen-bond acceptors (Lipinski definition) is 4. The second kappa shape index (κ2) is 5.05. The molecule has 0 aromatic carbocycles. The third-order valence-corrected chi connectivity index (χ3v) is 3.45. The molecule has 0 unspecified atom stereocenters. The molecule has 6 nitrogen and oxygen atoms in total. The number of pyridine rings is 1. The molecule has 0 spiro atoms. The fourth-order valence-corrected chi connectivity index (χ4v) is 2.11. The van der Waals surface area contributed by atoms with E-state index in [0.29, 0.717) is 19.8 Å². The van der Waals surface area contributed by atoms with Gasteiger partial charge in [-0.1, -0.05) is 6.07 Å². The molecule has 1 N–H and O–H groups in total. The van der Waals surface area contributed by atoms with E-state index in [2.05, 4.69) is 15.3 Å². The third kappa shape index (κ3) is 2.30. The molecule has 2 aromatic heterocycles. The molecule has 0 radical (unpaired) electrons. The van der Waals surface area contributed by atoms with Gasteiger partial charge in [-0.2, -0.15) is 0 Å². The van der Waals surface area contributed by atoms with E-state index in [1.54, 1.807) is 18.7 Å². The molecule has 1 aliphatic rings. The maximum atomic E-state index is 12.1. The van der Waals surface area contributed by atoms with Crippen LogP contribution in [-0.2, 0) is 16.1 Å². The minimum atomic E-state index is -0.391. The average molecular weight is 272 g/mol. The topological polar surface area (TPSA) is 69.0 Å².